The quantitative estimate of drug-likeness (QED) is 0.194. The smallest absolute Gasteiger partial charge is 0.238 e. The van der Waals surface area contributed by atoms with Crippen LogP contribution in [0.5, 0.6) is 0 Å². The molecule has 220 valence electrons. The van der Waals surface area contributed by atoms with Gasteiger partial charge in [0.05, 0.1) is 32.2 Å². The lowest BCUT2D eigenvalue weighted by Crippen LogP contribution is -2.06. The number of furan rings is 1. The summed E-state index contributed by atoms with van der Waals surface area (Å²) in [7, 11) is 0. The van der Waals surface area contributed by atoms with Gasteiger partial charge in [-0.1, -0.05) is 96.9 Å². The molecule has 7 heteroatoms. The van der Waals surface area contributed by atoms with E-state index in [0.717, 1.165) is 26.0 Å². The molecule has 0 fully saturated rings. The molecule has 0 spiro atoms. The first-order valence-electron chi connectivity index (χ1n) is 18.7. The summed E-state index contributed by atoms with van der Waals surface area (Å²) in [5, 5.41) is 2.49. The van der Waals surface area contributed by atoms with Crippen molar-refractivity contribution in [1.82, 2.24) is 24.5 Å². The standard InChI is InChI=1S/C40H23N5OS/c1-2-11-24(12-3-1)39-41-31-17-10-16-30(36(31)47-39)38-42-37(25-21-22-29-28-15-6-9-20-34(28)46-35(29)23-25)43-40(44-38)45-32-18-7-4-13-26(32)27-14-5-8-19-33(27)45/h1-23H/i4D,5D,7D,8D,13D,14D,18D,19D. The topological polar surface area (TPSA) is 69.6 Å². The maximum atomic E-state index is 9.05. The van der Waals surface area contributed by atoms with E-state index in [0.29, 0.717) is 27.8 Å². The van der Waals surface area contributed by atoms with E-state index in [4.69, 9.17) is 35.3 Å². The second-order valence-electron chi connectivity index (χ2n) is 10.9. The Labute approximate surface area is 283 Å². The van der Waals surface area contributed by atoms with Crippen molar-refractivity contribution >= 4 is 65.3 Å². The van der Waals surface area contributed by atoms with Crippen molar-refractivity contribution in [1.29, 1.82) is 0 Å². The number of hydrogen-bond acceptors (Lipinski definition) is 6. The second-order valence-corrected chi connectivity index (χ2v) is 11.9. The van der Waals surface area contributed by atoms with Gasteiger partial charge in [-0.05, 0) is 42.4 Å². The maximum Gasteiger partial charge on any atom is 0.238 e. The highest BCUT2D eigenvalue weighted by Crippen LogP contribution is 2.38. The number of para-hydroxylation sites is 3. The average Bonchev–Trinajstić information content (AvgIpc) is 3.93. The molecule has 0 radical (unpaired) electrons. The van der Waals surface area contributed by atoms with Crippen LogP contribution in [0.3, 0.4) is 0 Å². The molecule has 10 rings (SSSR count). The molecule has 6 nitrogen and oxygen atoms in total. The van der Waals surface area contributed by atoms with Gasteiger partial charge in [0.1, 0.15) is 16.2 Å². The molecule has 47 heavy (non-hydrogen) atoms. The van der Waals surface area contributed by atoms with Gasteiger partial charge in [0.2, 0.25) is 5.95 Å². The van der Waals surface area contributed by atoms with Gasteiger partial charge in [-0.25, -0.2) is 9.97 Å². The summed E-state index contributed by atoms with van der Waals surface area (Å²) >= 11 is 1.47. The Morgan fingerprint density at radius 3 is 2.13 bits per heavy atom. The molecule has 6 aromatic carbocycles. The zero-order valence-corrected chi connectivity index (χ0v) is 25.0. The summed E-state index contributed by atoms with van der Waals surface area (Å²) in [6, 6.07) is 24.8. The third-order valence-corrected chi connectivity index (χ3v) is 9.32. The van der Waals surface area contributed by atoms with E-state index in [-0.39, 0.29) is 39.4 Å². The van der Waals surface area contributed by atoms with E-state index in [1.807, 2.05) is 91.0 Å². The van der Waals surface area contributed by atoms with Crippen molar-refractivity contribution < 1.29 is 15.4 Å². The third-order valence-electron chi connectivity index (χ3n) is 8.17. The molecule has 0 unspecified atom stereocenters. The first kappa shape index (κ1) is 19.4. The Hall–Kier alpha value is -6.18. The van der Waals surface area contributed by atoms with E-state index < -0.39 is 48.3 Å². The highest BCUT2D eigenvalue weighted by Gasteiger charge is 2.20. The molecular weight excluding hydrogens is 599 g/mol. The molecule has 0 amide bonds. The molecule has 0 saturated heterocycles. The minimum absolute atomic E-state index is 0.0720. The lowest BCUT2D eigenvalue weighted by atomic mass is 10.1. The monoisotopic (exact) mass is 629 g/mol. The van der Waals surface area contributed by atoms with Crippen LogP contribution in [0.1, 0.15) is 11.0 Å². The highest BCUT2D eigenvalue weighted by molar-refractivity contribution is 7.22. The van der Waals surface area contributed by atoms with Gasteiger partial charge in [0.25, 0.3) is 0 Å². The molecule has 4 aromatic heterocycles. The fourth-order valence-electron chi connectivity index (χ4n) is 6.03. The Balaban J connectivity index is 1.32. The average molecular weight is 630 g/mol. The number of aromatic nitrogens is 5. The van der Waals surface area contributed by atoms with Crippen molar-refractivity contribution in [3.63, 3.8) is 0 Å². The predicted octanol–water partition coefficient (Wildman–Crippen LogP) is 10.5. The first-order chi connectivity index (χ1) is 26.6. The molecule has 0 aliphatic carbocycles. The Bertz CT molecular complexity index is 3190. The van der Waals surface area contributed by atoms with Crippen LogP contribution in [-0.2, 0) is 0 Å². The molecule has 0 aliphatic rings. The van der Waals surface area contributed by atoms with E-state index in [2.05, 4.69) is 0 Å². The Kier molecular flexibility index (Phi) is 4.19. The van der Waals surface area contributed by atoms with Gasteiger partial charge in [-0.15, -0.1) is 11.3 Å². The van der Waals surface area contributed by atoms with Crippen LogP contribution in [0.4, 0.5) is 0 Å². The lowest BCUT2D eigenvalue weighted by Gasteiger charge is -2.11. The van der Waals surface area contributed by atoms with Crippen LogP contribution < -0.4 is 0 Å². The summed E-state index contributed by atoms with van der Waals surface area (Å²) in [4.78, 5) is 19.7. The Morgan fingerprint density at radius 2 is 1.30 bits per heavy atom. The maximum absolute atomic E-state index is 9.05. The molecule has 10 aromatic rings. The summed E-state index contributed by atoms with van der Waals surface area (Å²) in [5.74, 6) is 0.309. The fourth-order valence-corrected chi connectivity index (χ4v) is 7.11. The fraction of sp³-hybridized carbons (Fsp3) is 0. The van der Waals surface area contributed by atoms with Gasteiger partial charge in [-0.2, -0.15) is 9.97 Å². The van der Waals surface area contributed by atoms with Crippen LogP contribution in [-0.4, -0.2) is 24.5 Å². The van der Waals surface area contributed by atoms with Gasteiger partial charge in [-0.3, -0.25) is 4.57 Å². The number of thiazole rings is 1. The normalized spacial score (nSPS) is 14.2. The van der Waals surface area contributed by atoms with Crippen molar-refractivity contribution in [3.05, 3.63) is 139 Å². The third kappa shape index (κ3) is 4.10. The number of rotatable bonds is 4. The molecule has 0 atom stereocenters. The van der Waals surface area contributed by atoms with E-state index in [1.165, 1.54) is 15.9 Å². The number of fused-ring (bicyclic) bond motifs is 7. The lowest BCUT2D eigenvalue weighted by molar-refractivity contribution is 0.669. The van der Waals surface area contributed by atoms with Crippen molar-refractivity contribution in [3.8, 4) is 39.3 Å². The molecule has 0 aliphatic heterocycles. The molecule has 4 heterocycles. The predicted molar refractivity (Wildman–Crippen MR) is 191 cm³/mol. The van der Waals surface area contributed by atoms with Crippen molar-refractivity contribution in [2.24, 2.45) is 0 Å². The van der Waals surface area contributed by atoms with Crippen LogP contribution >= 0.6 is 11.3 Å². The second kappa shape index (κ2) is 10.2. The van der Waals surface area contributed by atoms with E-state index in [1.54, 1.807) is 0 Å². The summed E-state index contributed by atoms with van der Waals surface area (Å²) in [5.41, 5.74) is 3.97. The van der Waals surface area contributed by atoms with Gasteiger partial charge < -0.3 is 4.42 Å². The molecule has 0 saturated carbocycles. The van der Waals surface area contributed by atoms with E-state index >= 15 is 0 Å². The van der Waals surface area contributed by atoms with Gasteiger partial charge >= 0.3 is 0 Å². The first-order valence-corrected chi connectivity index (χ1v) is 15.6. The van der Waals surface area contributed by atoms with E-state index in [9.17, 15) is 0 Å². The largest absolute Gasteiger partial charge is 0.456 e. The van der Waals surface area contributed by atoms with Crippen LogP contribution in [0.15, 0.2) is 144 Å². The minimum atomic E-state index is -0.537. The summed E-state index contributed by atoms with van der Waals surface area (Å²) in [6.45, 7) is 0. The van der Waals surface area contributed by atoms with Crippen LogP contribution in [0, 0.1) is 0 Å². The Morgan fingerprint density at radius 1 is 0.574 bits per heavy atom. The van der Waals surface area contributed by atoms with Crippen molar-refractivity contribution in [2.45, 2.75) is 0 Å². The minimum Gasteiger partial charge on any atom is -0.456 e. The number of nitrogens with zero attached hydrogens (tertiary/aromatic N) is 5. The highest BCUT2D eigenvalue weighted by atomic mass is 32.1. The SMILES string of the molecule is [2H]c1c([2H])c([2H])c2c(c1[2H])c1c([2H])c([2H])c([2H])c([2H])c1n2-c1nc(-c2ccc3c(c2)oc2ccccc23)nc(-c2cccc3nc(-c4ccccc4)sc23)n1. The number of hydrogen-bond donors (Lipinski definition) is 0. The summed E-state index contributed by atoms with van der Waals surface area (Å²) in [6.07, 6.45) is 0. The van der Waals surface area contributed by atoms with Crippen molar-refractivity contribution in [2.75, 3.05) is 0 Å². The van der Waals surface area contributed by atoms with Gasteiger partial charge in [0.15, 0.2) is 11.6 Å². The molecule has 0 bridgehead atoms. The number of benzene rings is 6. The molecular formula is C40H23N5OS. The summed E-state index contributed by atoms with van der Waals surface area (Å²) < 4.78 is 78.3. The zero-order chi connectivity index (χ0) is 37.9. The van der Waals surface area contributed by atoms with Gasteiger partial charge in [0, 0.05) is 38.2 Å². The van der Waals surface area contributed by atoms with Crippen LogP contribution in [0.2, 0.25) is 0 Å². The zero-order valence-electron chi connectivity index (χ0n) is 32.2. The molecule has 0 N–H and O–H groups in total. The van der Waals surface area contributed by atoms with Crippen LogP contribution in [0.25, 0.3) is 93.3 Å².